The maximum Gasteiger partial charge on any atom is 0.273 e. The van der Waals surface area contributed by atoms with Gasteiger partial charge in [-0.3, -0.25) is 9.48 Å². The van der Waals surface area contributed by atoms with Crippen LogP contribution < -0.4 is 10.2 Å². The van der Waals surface area contributed by atoms with Crippen molar-refractivity contribution in [2.75, 3.05) is 23.3 Å². The first-order valence-corrected chi connectivity index (χ1v) is 11.4. The number of anilines is 2. The number of aryl methyl sites for hydroxylation is 1. The van der Waals surface area contributed by atoms with Crippen LogP contribution in [0.5, 0.6) is 0 Å². The van der Waals surface area contributed by atoms with E-state index in [9.17, 15) is 9.90 Å². The van der Waals surface area contributed by atoms with Gasteiger partial charge in [-0.25, -0.2) is 4.98 Å². The Balaban J connectivity index is 1.22. The van der Waals surface area contributed by atoms with Gasteiger partial charge in [0.1, 0.15) is 11.5 Å². The third kappa shape index (κ3) is 4.43. The summed E-state index contributed by atoms with van der Waals surface area (Å²) in [5.74, 6) is 0.595. The molecule has 172 valence electrons. The van der Waals surface area contributed by atoms with E-state index in [0.717, 1.165) is 22.6 Å². The van der Waals surface area contributed by atoms with Crippen molar-refractivity contribution in [3.8, 4) is 11.3 Å². The summed E-state index contributed by atoms with van der Waals surface area (Å²) in [5.41, 5.74) is 2.97. The van der Waals surface area contributed by atoms with Gasteiger partial charge in [0, 0.05) is 25.7 Å². The van der Waals surface area contributed by atoms with Gasteiger partial charge >= 0.3 is 0 Å². The molecule has 1 fully saturated rings. The zero-order valence-corrected chi connectivity index (χ0v) is 19.1. The highest BCUT2D eigenvalue weighted by molar-refractivity contribution is 6.03. The van der Waals surface area contributed by atoms with Crippen molar-refractivity contribution < 1.29 is 9.90 Å². The van der Waals surface area contributed by atoms with Crippen LogP contribution in [0.4, 0.5) is 11.5 Å². The van der Waals surface area contributed by atoms with Crippen LogP contribution in [0.3, 0.4) is 0 Å². The summed E-state index contributed by atoms with van der Waals surface area (Å²) in [7, 11) is 1.76. The van der Waals surface area contributed by atoms with Crippen molar-refractivity contribution in [1.82, 2.24) is 14.8 Å². The molecule has 5 rings (SSSR count). The van der Waals surface area contributed by atoms with Crippen LogP contribution in [-0.2, 0) is 12.6 Å². The number of hydrogen-bond donors (Lipinski definition) is 2. The number of rotatable bonds is 5. The number of nitrogens with one attached hydrogen (secondary N) is 1. The summed E-state index contributed by atoms with van der Waals surface area (Å²) in [5, 5.41) is 18.4. The Morgan fingerprint density at radius 2 is 1.65 bits per heavy atom. The average molecular weight is 454 g/mol. The van der Waals surface area contributed by atoms with Gasteiger partial charge < -0.3 is 15.3 Å². The van der Waals surface area contributed by atoms with Gasteiger partial charge in [0.15, 0.2) is 0 Å². The van der Waals surface area contributed by atoms with Gasteiger partial charge in [-0.2, -0.15) is 5.10 Å². The molecule has 0 bridgehead atoms. The van der Waals surface area contributed by atoms with E-state index in [1.54, 1.807) is 24.0 Å². The Hall–Kier alpha value is -3.97. The van der Waals surface area contributed by atoms with Gasteiger partial charge in [0.05, 0.1) is 23.2 Å². The number of carbonyl (C=O) groups is 1. The highest BCUT2D eigenvalue weighted by Gasteiger charge is 2.34. The first-order valence-electron chi connectivity index (χ1n) is 11.4. The predicted molar refractivity (Wildman–Crippen MR) is 133 cm³/mol. The Morgan fingerprint density at radius 1 is 0.971 bits per heavy atom. The molecule has 4 aromatic rings. The fourth-order valence-electron chi connectivity index (χ4n) is 4.41. The molecule has 0 saturated carbocycles. The van der Waals surface area contributed by atoms with Gasteiger partial charge in [0.2, 0.25) is 0 Å². The maximum absolute atomic E-state index is 12.8. The van der Waals surface area contributed by atoms with Crippen LogP contribution in [0.15, 0.2) is 85.1 Å². The third-order valence-electron chi connectivity index (χ3n) is 6.41. The monoisotopic (exact) mass is 453 g/mol. The Labute approximate surface area is 198 Å². The molecule has 34 heavy (non-hydrogen) atoms. The molecule has 1 aliphatic rings. The first kappa shape index (κ1) is 21.9. The number of piperidine rings is 1. The molecule has 2 aromatic heterocycles. The molecule has 3 heterocycles. The summed E-state index contributed by atoms with van der Waals surface area (Å²) in [6.45, 7) is 1.42. The summed E-state index contributed by atoms with van der Waals surface area (Å²) in [6.07, 6.45) is 2.95. The first-order chi connectivity index (χ1) is 16.5. The standard InChI is InChI=1S/C27H27N5O2/c1-31-24(18-23(30-31)20-8-4-2-5-9-20)26(33)29-22-12-13-25(28-19-22)32-16-14-27(34,15-17-32)21-10-6-3-7-11-21/h2-13,18-19,34H,14-17H2,1H3,(H,29,33). The number of aliphatic hydroxyl groups is 1. The van der Waals surface area contributed by atoms with Gasteiger partial charge in [-0.05, 0) is 36.6 Å². The quantitative estimate of drug-likeness (QED) is 0.473. The van der Waals surface area contributed by atoms with Gasteiger partial charge in [-0.1, -0.05) is 60.7 Å². The van der Waals surface area contributed by atoms with Crippen LogP contribution in [0.25, 0.3) is 11.3 Å². The fraction of sp³-hybridized carbons (Fsp3) is 0.222. The topological polar surface area (TPSA) is 83.3 Å². The normalized spacial score (nSPS) is 15.2. The highest BCUT2D eigenvalue weighted by atomic mass is 16.3. The molecule has 2 aromatic carbocycles. The van der Waals surface area contributed by atoms with E-state index >= 15 is 0 Å². The summed E-state index contributed by atoms with van der Waals surface area (Å²) >= 11 is 0. The van der Waals surface area contributed by atoms with Crippen LogP contribution in [0, 0.1) is 0 Å². The van der Waals surface area contributed by atoms with E-state index in [1.807, 2.05) is 72.8 Å². The van der Waals surface area contributed by atoms with Crippen LogP contribution in [0.2, 0.25) is 0 Å². The van der Waals surface area contributed by atoms with E-state index < -0.39 is 5.60 Å². The summed E-state index contributed by atoms with van der Waals surface area (Å²) in [6, 6.07) is 25.2. The molecule has 1 amide bonds. The molecule has 0 spiro atoms. The second-order valence-electron chi connectivity index (χ2n) is 8.65. The minimum Gasteiger partial charge on any atom is -0.385 e. The number of pyridine rings is 1. The molecule has 1 saturated heterocycles. The second kappa shape index (κ2) is 9.11. The van der Waals surface area contributed by atoms with Crippen molar-refractivity contribution >= 4 is 17.4 Å². The number of carbonyl (C=O) groups excluding carboxylic acids is 1. The molecule has 0 aliphatic carbocycles. The molecular formula is C27H27N5O2. The minimum absolute atomic E-state index is 0.238. The van der Waals surface area contributed by atoms with E-state index in [1.165, 1.54) is 0 Å². The lowest BCUT2D eigenvalue weighted by atomic mass is 9.84. The number of nitrogens with zero attached hydrogens (tertiary/aromatic N) is 4. The Kier molecular flexibility index (Phi) is 5.86. The van der Waals surface area contributed by atoms with Gasteiger partial charge in [-0.15, -0.1) is 0 Å². The van der Waals surface area contributed by atoms with E-state index in [0.29, 0.717) is 37.3 Å². The lowest BCUT2D eigenvalue weighted by molar-refractivity contribution is 0.0116. The maximum atomic E-state index is 12.8. The number of aromatic nitrogens is 3. The number of benzene rings is 2. The minimum atomic E-state index is -0.798. The largest absolute Gasteiger partial charge is 0.385 e. The van der Waals surface area contributed by atoms with Crippen molar-refractivity contribution in [2.45, 2.75) is 18.4 Å². The van der Waals surface area contributed by atoms with Crippen LogP contribution in [-0.4, -0.2) is 38.9 Å². The van der Waals surface area contributed by atoms with Crippen LogP contribution >= 0.6 is 0 Å². The Bertz CT molecular complexity index is 1260. The van der Waals surface area contributed by atoms with Crippen molar-refractivity contribution in [3.05, 3.63) is 96.3 Å². The molecule has 0 unspecified atom stereocenters. The zero-order valence-electron chi connectivity index (χ0n) is 19.1. The zero-order chi connectivity index (χ0) is 23.5. The fourth-order valence-corrected chi connectivity index (χ4v) is 4.41. The number of amides is 1. The van der Waals surface area contributed by atoms with Gasteiger partial charge in [0.25, 0.3) is 5.91 Å². The predicted octanol–water partition coefficient (Wildman–Crippen LogP) is 4.22. The van der Waals surface area contributed by atoms with Crippen LogP contribution in [0.1, 0.15) is 28.9 Å². The van der Waals surface area contributed by atoms with Crippen molar-refractivity contribution in [2.24, 2.45) is 7.05 Å². The molecule has 0 radical (unpaired) electrons. The average Bonchev–Trinajstić information content (AvgIpc) is 3.28. The lowest BCUT2D eigenvalue weighted by Crippen LogP contribution is -2.42. The third-order valence-corrected chi connectivity index (χ3v) is 6.41. The Morgan fingerprint density at radius 3 is 2.29 bits per heavy atom. The van der Waals surface area contributed by atoms with E-state index in [4.69, 9.17) is 0 Å². The lowest BCUT2D eigenvalue weighted by Gasteiger charge is -2.39. The second-order valence-corrected chi connectivity index (χ2v) is 8.65. The van der Waals surface area contributed by atoms with E-state index in [2.05, 4.69) is 20.3 Å². The smallest absolute Gasteiger partial charge is 0.273 e. The molecule has 7 heteroatoms. The molecular weight excluding hydrogens is 426 g/mol. The summed E-state index contributed by atoms with van der Waals surface area (Å²) < 4.78 is 1.58. The number of hydrogen-bond acceptors (Lipinski definition) is 5. The molecule has 0 atom stereocenters. The molecule has 1 aliphatic heterocycles. The summed E-state index contributed by atoms with van der Waals surface area (Å²) in [4.78, 5) is 19.5. The molecule has 2 N–H and O–H groups in total. The molecule has 7 nitrogen and oxygen atoms in total. The highest BCUT2D eigenvalue weighted by Crippen LogP contribution is 2.34. The van der Waals surface area contributed by atoms with Crippen molar-refractivity contribution in [1.29, 1.82) is 0 Å². The SMILES string of the molecule is Cn1nc(-c2ccccc2)cc1C(=O)Nc1ccc(N2CCC(O)(c3ccccc3)CC2)nc1. The van der Waals surface area contributed by atoms with E-state index in [-0.39, 0.29) is 5.91 Å². The van der Waals surface area contributed by atoms with Crippen molar-refractivity contribution in [3.63, 3.8) is 0 Å².